The number of para-hydroxylation sites is 3. The van der Waals surface area contributed by atoms with E-state index in [-0.39, 0.29) is 0 Å². The molecule has 0 fully saturated rings. The number of fused-ring (bicyclic) bond motifs is 1. The molecule has 0 aliphatic rings. The first kappa shape index (κ1) is 37.8. The maximum Gasteiger partial charge on any atom is 0.0638 e. The van der Waals surface area contributed by atoms with E-state index in [4.69, 9.17) is 0 Å². The van der Waals surface area contributed by atoms with Gasteiger partial charge in [0.05, 0.1) is 39.7 Å². The predicted octanol–water partition coefficient (Wildman–Crippen LogP) is 14.1. The first-order valence-electron chi connectivity index (χ1n) is 19.5. The van der Waals surface area contributed by atoms with Crippen molar-refractivity contribution in [1.82, 2.24) is 0 Å². The lowest BCUT2D eigenvalue weighted by atomic mass is 9.82. The number of benzene rings is 7. The highest BCUT2D eigenvalue weighted by molar-refractivity contribution is 6.00. The molecule has 0 heterocycles. The van der Waals surface area contributed by atoms with Gasteiger partial charge < -0.3 is 15.1 Å². The van der Waals surface area contributed by atoms with Gasteiger partial charge >= 0.3 is 0 Å². The maximum atomic E-state index is 4.11. The number of hydrogen-bond donors (Lipinski definition) is 1. The molecule has 0 saturated heterocycles. The third kappa shape index (κ3) is 7.46. The Bertz CT molecular complexity index is 2340. The molecule has 0 amide bonds. The number of nitrogens with one attached hydrogen (secondary N) is 1. The van der Waals surface area contributed by atoms with Crippen LogP contribution in [-0.4, -0.2) is 13.1 Å². The van der Waals surface area contributed by atoms with Crippen LogP contribution in [0.15, 0.2) is 165 Å². The molecule has 56 heavy (non-hydrogen) atoms. The molecule has 0 atom stereocenters. The molecule has 0 spiro atoms. The largest absolute Gasteiger partial charge is 0.354 e. The van der Waals surface area contributed by atoms with Crippen molar-refractivity contribution in [1.29, 1.82) is 0 Å². The zero-order chi connectivity index (χ0) is 39.3. The molecule has 0 radical (unpaired) electrons. The number of nitrogens with zero attached hydrogens (tertiary/aromatic N) is 2. The lowest BCUT2D eigenvalue weighted by Gasteiger charge is -2.28. The predicted molar refractivity (Wildman–Crippen MR) is 243 cm³/mol. The van der Waals surface area contributed by atoms with Gasteiger partial charge in [-0.15, -0.1) is 13.2 Å². The Hall–Kier alpha value is -6.45. The van der Waals surface area contributed by atoms with E-state index in [0.29, 0.717) is 13.1 Å². The standard InChI is InChI=1S/C53H52N3/c1-9-34-55(52-38(5)18-14-19-39(52)6)44-28-24-42(25-29-44)50(43-26-30-45(31-27-43)56(35-10-2)53-40(7)20-15-21-41(53)8)48-32-33-49(47-23-12-11-22-46(47)48)54-51-36(3)16-13-17-37(51)4/h9-33,54H,1-2,34-35H2,3-8H3/q+1. The van der Waals surface area contributed by atoms with Crippen molar-refractivity contribution in [2.45, 2.75) is 41.5 Å². The van der Waals surface area contributed by atoms with Crippen LogP contribution in [0.5, 0.6) is 0 Å². The van der Waals surface area contributed by atoms with Crippen molar-refractivity contribution in [3.63, 3.8) is 0 Å². The summed E-state index contributed by atoms with van der Waals surface area (Å²) in [5.41, 5.74) is 17.9. The first-order valence-corrected chi connectivity index (χ1v) is 19.5. The van der Waals surface area contributed by atoms with Crippen molar-refractivity contribution < 1.29 is 0 Å². The summed E-state index contributed by atoms with van der Waals surface area (Å²) in [6.07, 6.45) is 3.96. The zero-order valence-electron chi connectivity index (χ0n) is 33.7. The van der Waals surface area contributed by atoms with Gasteiger partial charge in [0.1, 0.15) is 0 Å². The van der Waals surface area contributed by atoms with Crippen molar-refractivity contribution >= 4 is 44.9 Å². The minimum Gasteiger partial charge on any atom is -0.354 e. The van der Waals surface area contributed by atoms with Crippen LogP contribution in [0.4, 0.5) is 34.1 Å². The summed E-state index contributed by atoms with van der Waals surface area (Å²) >= 11 is 0. The van der Waals surface area contributed by atoms with Crippen LogP contribution in [0.3, 0.4) is 0 Å². The second-order valence-electron chi connectivity index (χ2n) is 14.8. The van der Waals surface area contributed by atoms with Crippen molar-refractivity contribution in [2.24, 2.45) is 0 Å². The van der Waals surface area contributed by atoms with Gasteiger partial charge in [-0.2, -0.15) is 0 Å². The molecular weight excluding hydrogens is 679 g/mol. The topological polar surface area (TPSA) is 18.5 Å². The first-order chi connectivity index (χ1) is 27.2. The van der Waals surface area contributed by atoms with Gasteiger partial charge in [-0.1, -0.05) is 78.9 Å². The van der Waals surface area contributed by atoms with E-state index in [0.717, 1.165) is 33.9 Å². The summed E-state index contributed by atoms with van der Waals surface area (Å²) in [6, 6.07) is 50.9. The van der Waals surface area contributed by atoms with Crippen LogP contribution >= 0.6 is 0 Å². The summed E-state index contributed by atoms with van der Waals surface area (Å²) in [5.74, 6) is 1.18. The average Bonchev–Trinajstić information content (AvgIpc) is 3.20. The summed E-state index contributed by atoms with van der Waals surface area (Å²) < 4.78 is 0. The third-order valence-electron chi connectivity index (χ3n) is 10.9. The smallest absolute Gasteiger partial charge is 0.0638 e. The maximum absolute atomic E-state index is 4.11. The van der Waals surface area contributed by atoms with Crippen LogP contribution in [-0.2, 0) is 0 Å². The molecule has 0 aliphatic carbocycles. The Kier molecular flexibility index (Phi) is 11.2. The monoisotopic (exact) mass is 730 g/mol. The highest BCUT2D eigenvalue weighted by atomic mass is 15.1. The quantitative estimate of drug-likeness (QED) is 0.0724. The normalized spacial score (nSPS) is 11.0. The second-order valence-corrected chi connectivity index (χ2v) is 14.8. The fraction of sp³-hybridized carbons (Fsp3) is 0.151. The number of anilines is 6. The molecule has 0 saturated carbocycles. The van der Waals surface area contributed by atoms with E-state index >= 15 is 0 Å². The fourth-order valence-electron chi connectivity index (χ4n) is 8.24. The van der Waals surface area contributed by atoms with Crippen molar-refractivity contribution in [3.05, 3.63) is 221 Å². The summed E-state index contributed by atoms with van der Waals surface area (Å²) in [7, 11) is 0. The van der Waals surface area contributed by atoms with Crippen molar-refractivity contribution in [2.75, 3.05) is 28.2 Å². The number of aryl methyl sites for hydroxylation is 6. The second kappa shape index (κ2) is 16.5. The molecule has 0 aliphatic heterocycles. The van der Waals surface area contributed by atoms with Gasteiger partial charge in [0.2, 0.25) is 0 Å². The average molecular weight is 731 g/mol. The Morgan fingerprint density at radius 3 is 1.30 bits per heavy atom. The lowest BCUT2D eigenvalue weighted by Crippen LogP contribution is -2.19. The van der Waals surface area contributed by atoms with E-state index in [1.54, 1.807) is 0 Å². The molecule has 3 heteroatoms. The van der Waals surface area contributed by atoms with E-state index in [9.17, 15) is 0 Å². The van der Waals surface area contributed by atoms with Gasteiger partial charge in [-0.3, -0.25) is 0 Å². The number of hydrogen-bond acceptors (Lipinski definition) is 3. The van der Waals surface area contributed by atoms with E-state index < -0.39 is 0 Å². The molecule has 7 rings (SSSR count). The molecule has 1 N–H and O–H groups in total. The summed E-state index contributed by atoms with van der Waals surface area (Å²) in [5, 5.41) is 6.18. The van der Waals surface area contributed by atoms with Gasteiger partial charge in [-0.25, -0.2) is 0 Å². The molecular formula is C53H52N3+. The van der Waals surface area contributed by atoms with E-state index in [1.165, 1.54) is 67.0 Å². The van der Waals surface area contributed by atoms with Crippen molar-refractivity contribution in [3.8, 4) is 0 Å². The highest BCUT2D eigenvalue weighted by Gasteiger charge is 2.27. The lowest BCUT2D eigenvalue weighted by molar-refractivity contribution is 1.07. The van der Waals surface area contributed by atoms with E-state index in [2.05, 4.69) is 209 Å². The minimum absolute atomic E-state index is 0.712. The molecule has 0 unspecified atom stereocenters. The van der Waals surface area contributed by atoms with Crippen LogP contribution in [0.25, 0.3) is 10.8 Å². The highest BCUT2D eigenvalue weighted by Crippen LogP contribution is 2.41. The fourth-order valence-corrected chi connectivity index (χ4v) is 8.24. The minimum atomic E-state index is 0.712. The summed E-state index contributed by atoms with van der Waals surface area (Å²) in [6.45, 7) is 22.7. The van der Waals surface area contributed by atoms with Crippen LogP contribution in [0.2, 0.25) is 0 Å². The number of rotatable bonds is 13. The van der Waals surface area contributed by atoms with Gasteiger partial charge in [0, 0.05) is 40.9 Å². The SMILES string of the molecule is C=CCN(c1ccc([C+](c2ccc(N(CC=C)c3c(C)cccc3C)cc2)c2ccc(Nc3c(C)cccc3C)c3ccccc23)cc1)c1c(C)cccc1C. The van der Waals surface area contributed by atoms with Gasteiger partial charge in [0.25, 0.3) is 0 Å². The van der Waals surface area contributed by atoms with E-state index in [1.807, 2.05) is 12.2 Å². The van der Waals surface area contributed by atoms with Crippen LogP contribution < -0.4 is 15.1 Å². The Morgan fingerprint density at radius 2 is 0.875 bits per heavy atom. The third-order valence-corrected chi connectivity index (χ3v) is 10.9. The van der Waals surface area contributed by atoms with Crippen LogP contribution in [0.1, 0.15) is 50.1 Å². The van der Waals surface area contributed by atoms with Gasteiger partial charge in [0.15, 0.2) is 0 Å². The Morgan fingerprint density at radius 1 is 0.464 bits per heavy atom. The molecule has 7 aromatic carbocycles. The van der Waals surface area contributed by atoms with Crippen LogP contribution in [0, 0.1) is 47.5 Å². The Labute approximate surface area is 334 Å². The summed E-state index contributed by atoms with van der Waals surface area (Å²) in [4.78, 5) is 4.72. The van der Waals surface area contributed by atoms with Gasteiger partial charge in [-0.05, 0) is 148 Å². The molecule has 3 nitrogen and oxygen atoms in total. The molecule has 0 bridgehead atoms. The Balaban J connectivity index is 1.36. The molecule has 0 aromatic heterocycles. The molecule has 278 valence electrons. The zero-order valence-corrected chi connectivity index (χ0v) is 33.7. The molecule has 7 aromatic rings.